The molecule has 0 fully saturated rings. The first-order chi connectivity index (χ1) is 17.3. The van der Waals surface area contributed by atoms with Crippen molar-refractivity contribution in [3.63, 3.8) is 0 Å². The van der Waals surface area contributed by atoms with E-state index in [4.69, 9.17) is 14.9 Å². The van der Waals surface area contributed by atoms with Gasteiger partial charge in [0.1, 0.15) is 0 Å². The second kappa shape index (κ2) is 12.4. The average Bonchev–Trinajstić information content (AvgIpc) is 3.21. The van der Waals surface area contributed by atoms with Crippen LogP contribution in [0.2, 0.25) is 0 Å². The van der Waals surface area contributed by atoms with Gasteiger partial charge in [0, 0.05) is 23.6 Å². The topological polar surface area (TPSA) is 106 Å². The summed E-state index contributed by atoms with van der Waals surface area (Å²) in [6, 6.07) is 22.9. The van der Waals surface area contributed by atoms with Crippen molar-refractivity contribution in [1.82, 2.24) is 4.57 Å². The lowest BCUT2D eigenvalue weighted by Crippen LogP contribution is -2.07. The highest BCUT2D eigenvalue weighted by Gasteiger charge is 2.14. The molecule has 2 N–H and O–H groups in total. The van der Waals surface area contributed by atoms with E-state index >= 15 is 0 Å². The highest BCUT2D eigenvalue weighted by atomic mass is 16.5. The molecule has 0 aliphatic heterocycles. The number of para-hydroxylation sites is 1. The summed E-state index contributed by atoms with van der Waals surface area (Å²) < 4.78 is 7.32. The number of nitrogens with zero attached hydrogens (tertiary/aromatic N) is 1. The maximum absolute atomic E-state index is 11.8. The molecule has 0 amide bonds. The van der Waals surface area contributed by atoms with Gasteiger partial charge in [-0.25, -0.2) is 9.59 Å². The van der Waals surface area contributed by atoms with Gasteiger partial charge in [-0.3, -0.25) is 4.79 Å². The van der Waals surface area contributed by atoms with Crippen LogP contribution in [0.1, 0.15) is 44.3 Å². The largest absolute Gasteiger partial charge is 0.478 e. The lowest BCUT2D eigenvalue weighted by Gasteiger charge is -2.05. The fraction of sp³-hybridized carbons (Fsp3) is 0.207. The van der Waals surface area contributed by atoms with Crippen molar-refractivity contribution in [2.24, 2.45) is 0 Å². The summed E-state index contributed by atoms with van der Waals surface area (Å²) in [5.41, 5.74) is 3.86. The van der Waals surface area contributed by atoms with Crippen LogP contribution in [-0.4, -0.2) is 39.3 Å². The summed E-state index contributed by atoms with van der Waals surface area (Å²) >= 11 is 0. The molecule has 7 nitrogen and oxygen atoms in total. The van der Waals surface area contributed by atoms with E-state index in [1.165, 1.54) is 36.2 Å². The first-order valence-corrected chi connectivity index (χ1v) is 11.6. The number of benzene rings is 3. The van der Waals surface area contributed by atoms with Crippen LogP contribution in [0.3, 0.4) is 0 Å². The second-order valence-corrected chi connectivity index (χ2v) is 8.17. The molecular formula is C29H29NO6. The number of carbonyl (C=O) groups is 3. The van der Waals surface area contributed by atoms with E-state index in [1.807, 2.05) is 25.1 Å². The summed E-state index contributed by atoms with van der Waals surface area (Å²) in [5.74, 6) is -2.39. The molecule has 0 saturated heterocycles. The third-order valence-corrected chi connectivity index (χ3v) is 5.79. The molecule has 0 aliphatic rings. The summed E-state index contributed by atoms with van der Waals surface area (Å²) in [6.07, 6.45) is 3.38. The van der Waals surface area contributed by atoms with Gasteiger partial charge in [0.05, 0.1) is 24.2 Å². The number of ether oxygens (including phenoxy) is 1. The van der Waals surface area contributed by atoms with E-state index in [0.717, 1.165) is 23.9 Å². The normalized spacial score (nSPS) is 10.4. The zero-order chi connectivity index (χ0) is 26.1. The zero-order valence-corrected chi connectivity index (χ0v) is 20.3. The molecule has 4 rings (SSSR count). The van der Waals surface area contributed by atoms with Gasteiger partial charge in [0.15, 0.2) is 0 Å². The third-order valence-electron chi connectivity index (χ3n) is 5.79. The van der Waals surface area contributed by atoms with Gasteiger partial charge in [-0.05, 0) is 55.2 Å². The number of carbonyl (C=O) groups excluding carboxylic acids is 1. The standard InChI is InChI=1S/C20H21NO2.C9H8O4/c1-2-23-20(22)14-17-15-21(19-11-7-6-10-18(17)19)13-12-16-8-4-3-5-9-16;1-5-6(8(10)11)3-2-4-7(5)9(12)13/h3-11,15H,2,12-14H2,1H3;2-4H,1H3,(H,10,11)(H,12,13). The summed E-state index contributed by atoms with van der Waals surface area (Å²) in [5, 5.41) is 18.5. The van der Waals surface area contributed by atoms with Crippen molar-refractivity contribution in [3.05, 3.63) is 107 Å². The van der Waals surface area contributed by atoms with Gasteiger partial charge in [0.25, 0.3) is 0 Å². The minimum Gasteiger partial charge on any atom is -0.478 e. The van der Waals surface area contributed by atoms with Crippen LogP contribution in [0.5, 0.6) is 0 Å². The Morgan fingerprint density at radius 1 is 0.833 bits per heavy atom. The monoisotopic (exact) mass is 487 g/mol. The molecule has 0 radical (unpaired) electrons. The van der Waals surface area contributed by atoms with Crippen molar-refractivity contribution >= 4 is 28.8 Å². The van der Waals surface area contributed by atoms with Gasteiger partial charge >= 0.3 is 17.9 Å². The van der Waals surface area contributed by atoms with Crippen molar-refractivity contribution in [2.45, 2.75) is 33.2 Å². The number of aryl methyl sites for hydroxylation is 2. The van der Waals surface area contributed by atoms with Crippen molar-refractivity contribution in [2.75, 3.05) is 6.61 Å². The van der Waals surface area contributed by atoms with Gasteiger partial charge in [-0.2, -0.15) is 0 Å². The highest BCUT2D eigenvalue weighted by Crippen LogP contribution is 2.22. The first-order valence-electron chi connectivity index (χ1n) is 11.6. The first kappa shape index (κ1) is 26.2. The van der Waals surface area contributed by atoms with Crippen LogP contribution >= 0.6 is 0 Å². The van der Waals surface area contributed by atoms with Crippen LogP contribution in [0.25, 0.3) is 10.9 Å². The van der Waals surface area contributed by atoms with Crippen molar-refractivity contribution in [1.29, 1.82) is 0 Å². The molecule has 0 aliphatic carbocycles. The van der Waals surface area contributed by atoms with E-state index < -0.39 is 11.9 Å². The van der Waals surface area contributed by atoms with Crippen molar-refractivity contribution < 1.29 is 29.3 Å². The molecule has 4 aromatic rings. The van der Waals surface area contributed by atoms with Crippen LogP contribution in [0.15, 0.2) is 79.0 Å². The number of hydrogen-bond acceptors (Lipinski definition) is 4. The van der Waals surface area contributed by atoms with Crippen LogP contribution in [0.4, 0.5) is 0 Å². The van der Waals surface area contributed by atoms with E-state index in [-0.39, 0.29) is 22.7 Å². The number of rotatable bonds is 8. The van der Waals surface area contributed by atoms with E-state index in [0.29, 0.717) is 13.0 Å². The molecule has 0 saturated carbocycles. The minimum atomic E-state index is -1.11. The molecule has 0 unspecified atom stereocenters. The Labute approximate surface area is 209 Å². The minimum absolute atomic E-state index is 0.0277. The predicted molar refractivity (Wildman–Crippen MR) is 138 cm³/mol. The average molecular weight is 488 g/mol. The molecule has 0 bridgehead atoms. The Hall–Kier alpha value is -4.39. The van der Waals surface area contributed by atoms with Gasteiger partial charge < -0.3 is 19.5 Å². The Bertz CT molecular complexity index is 1320. The van der Waals surface area contributed by atoms with Crippen LogP contribution in [-0.2, 0) is 28.9 Å². The van der Waals surface area contributed by atoms with Crippen LogP contribution in [0, 0.1) is 6.92 Å². The third kappa shape index (κ3) is 6.60. The number of aromatic nitrogens is 1. The number of carboxylic acids is 2. The van der Waals surface area contributed by atoms with Gasteiger partial charge in [-0.15, -0.1) is 0 Å². The number of aromatic carboxylic acids is 2. The van der Waals surface area contributed by atoms with Crippen LogP contribution < -0.4 is 0 Å². The number of fused-ring (bicyclic) bond motifs is 1. The lowest BCUT2D eigenvalue weighted by molar-refractivity contribution is -0.142. The molecule has 0 atom stereocenters. The van der Waals surface area contributed by atoms with E-state index in [9.17, 15) is 14.4 Å². The molecule has 36 heavy (non-hydrogen) atoms. The molecular weight excluding hydrogens is 458 g/mol. The lowest BCUT2D eigenvalue weighted by atomic mass is 10.0. The SMILES string of the molecule is CCOC(=O)Cc1cn(CCc2ccccc2)c2ccccc12.Cc1c(C(=O)O)cccc1C(=O)O. The molecule has 1 heterocycles. The molecule has 1 aromatic heterocycles. The van der Waals surface area contributed by atoms with Gasteiger partial charge in [-0.1, -0.05) is 54.6 Å². The fourth-order valence-electron chi connectivity index (χ4n) is 4.01. The fourth-order valence-corrected chi connectivity index (χ4v) is 4.01. The summed E-state index contributed by atoms with van der Waals surface area (Å²) in [6.45, 7) is 4.63. The molecule has 7 heteroatoms. The van der Waals surface area contributed by atoms with E-state index in [1.54, 1.807) is 0 Å². The summed E-state index contributed by atoms with van der Waals surface area (Å²) in [7, 11) is 0. The second-order valence-electron chi connectivity index (χ2n) is 8.17. The Morgan fingerprint density at radius 3 is 2.06 bits per heavy atom. The Kier molecular flexibility index (Phi) is 9.00. The van der Waals surface area contributed by atoms with Gasteiger partial charge in [0.2, 0.25) is 0 Å². The van der Waals surface area contributed by atoms with E-state index in [2.05, 4.69) is 47.2 Å². The predicted octanol–water partition coefficient (Wildman–Crippen LogP) is 5.38. The number of hydrogen-bond donors (Lipinski definition) is 2. The maximum atomic E-state index is 11.8. The quantitative estimate of drug-likeness (QED) is 0.323. The highest BCUT2D eigenvalue weighted by molar-refractivity contribution is 5.96. The molecule has 186 valence electrons. The molecule has 0 spiro atoms. The number of carboxylic acid groups (broad SMARTS) is 2. The Balaban J connectivity index is 0.000000236. The Morgan fingerprint density at radius 2 is 1.44 bits per heavy atom. The summed E-state index contributed by atoms with van der Waals surface area (Å²) in [4.78, 5) is 33.0. The smallest absolute Gasteiger partial charge is 0.335 e. The number of esters is 1. The maximum Gasteiger partial charge on any atom is 0.335 e. The molecule has 3 aromatic carbocycles. The van der Waals surface area contributed by atoms with Crippen molar-refractivity contribution in [3.8, 4) is 0 Å². The zero-order valence-electron chi connectivity index (χ0n) is 20.3.